The van der Waals surface area contributed by atoms with Gasteiger partial charge in [0.15, 0.2) is 0 Å². The zero-order valence-corrected chi connectivity index (χ0v) is 17.4. The highest BCUT2D eigenvalue weighted by Crippen LogP contribution is 2.36. The van der Waals surface area contributed by atoms with E-state index in [1.807, 2.05) is 11.4 Å². The van der Waals surface area contributed by atoms with Crippen LogP contribution in [0.3, 0.4) is 0 Å². The monoisotopic (exact) mass is 448 g/mol. The standard InChI is InChI=1S/C18H26N2O2S.C2HF3O2/c21-18(19-11-15-6-3-9-23-15)16-10-13-7-8-20(12-17(13)22-16)14-4-1-2-5-14;3-2(4,5)1(6)7/h3,6,9,13-14,16-17H,1-2,4-5,7-8,10-12H2,(H,19,21);(H,6,7)/t13-,16+,17+;/m0./s1. The third-order valence-electron chi connectivity index (χ3n) is 5.98. The third kappa shape index (κ3) is 6.18. The Hall–Kier alpha value is -1.65. The molecule has 1 aliphatic carbocycles. The number of carboxylic acid groups (broad SMARTS) is 1. The van der Waals surface area contributed by atoms with Crippen LogP contribution in [-0.2, 0) is 20.9 Å². The summed E-state index contributed by atoms with van der Waals surface area (Å²) < 4.78 is 37.9. The fourth-order valence-electron chi connectivity index (χ4n) is 4.43. The Kier molecular flexibility index (Phi) is 7.75. The molecule has 0 radical (unpaired) electrons. The molecule has 2 saturated heterocycles. The first kappa shape index (κ1) is 23.0. The topological polar surface area (TPSA) is 78.9 Å². The third-order valence-corrected chi connectivity index (χ3v) is 6.85. The molecule has 3 heterocycles. The van der Waals surface area contributed by atoms with Crippen LogP contribution in [0.4, 0.5) is 13.2 Å². The molecule has 10 heteroatoms. The van der Waals surface area contributed by atoms with Crippen LogP contribution >= 0.6 is 11.3 Å². The van der Waals surface area contributed by atoms with Crippen LogP contribution in [0, 0.1) is 5.92 Å². The number of amides is 1. The number of likely N-dealkylation sites (tertiary alicyclic amines) is 1. The summed E-state index contributed by atoms with van der Waals surface area (Å²) >= 11 is 1.68. The van der Waals surface area contributed by atoms with Crippen molar-refractivity contribution < 1.29 is 32.6 Å². The molecule has 4 rings (SSSR count). The summed E-state index contributed by atoms with van der Waals surface area (Å²) in [6.45, 7) is 2.85. The Balaban J connectivity index is 0.000000318. The van der Waals surface area contributed by atoms with E-state index in [0.717, 1.165) is 19.0 Å². The van der Waals surface area contributed by atoms with Gasteiger partial charge in [0.05, 0.1) is 12.6 Å². The van der Waals surface area contributed by atoms with E-state index in [1.165, 1.54) is 43.5 Å². The fourth-order valence-corrected chi connectivity index (χ4v) is 5.07. The Labute approximate surface area is 177 Å². The predicted molar refractivity (Wildman–Crippen MR) is 105 cm³/mol. The molecule has 6 nitrogen and oxygen atoms in total. The van der Waals surface area contributed by atoms with Crippen molar-refractivity contribution in [1.29, 1.82) is 0 Å². The molecule has 1 aromatic rings. The molecular weight excluding hydrogens is 421 g/mol. The second-order valence-corrected chi connectivity index (χ2v) is 9.01. The van der Waals surface area contributed by atoms with Crippen molar-refractivity contribution in [2.24, 2.45) is 5.92 Å². The van der Waals surface area contributed by atoms with Gasteiger partial charge in [-0.3, -0.25) is 9.69 Å². The van der Waals surface area contributed by atoms with Gasteiger partial charge in [-0.2, -0.15) is 13.2 Å². The molecule has 2 aliphatic heterocycles. The molecule has 0 aromatic carbocycles. The molecule has 0 spiro atoms. The maximum absolute atomic E-state index is 12.4. The number of nitrogens with zero attached hydrogens (tertiary/aromatic N) is 1. The van der Waals surface area contributed by atoms with Crippen molar-refractivity contribution in [2.45, 2.75) is 69.5 Å². The summed E-state index contributed by atoms with van der Waals surface area (Å²) in [5.74, 6) is -2.11. The van der Waals surface area contributed by atoms with Crippen molar-refractivity contribution >= 4 is 23.2 Å². The number of carboxylic acids is 1. The van der Waals surface area contributed by atoms with Crippen molar-refractivity contribution in [2.75, 3.05) is 13.1 Å². The van der Waals surface area contributed by atoms with Crippen LogP contribution in [0.5, 0.6) is 0 Å². The first-order valence-corrected chi connectivity index (χ1v) is 11.1. The molecular formula is C20H27F3N2O4S. The Bertz CT molecular complexity index is 707. The predicted octanol–water partition coefficient (Wildman–Crippen LogP) is 3.42. The van der Waals surface area contributed by atoms with Crippen LogP contribution < -0.4 is 5.32 Å². The number of nitrogens with one attached hydrogen (secondary N) is 1. The molecule has 3 atom stereocenters. The van der Waals surface area contributed by atoms with Crippen LogP contribution in [0.1, 0.15) is 43.4 Å². The number of fused-ring (bicyclic) bond motifs is 1. The first-order valence-electron chi connectivity index (χ1n) is 10.2. The zero-order chi connectivity index (χ0) is 21.7. The molecule has 3 fully saturated rings. The SMILES string of the molecule is O=C(NCc1cccs1)[C@H]1C[C@@H]2CCN(C3CCCC3)C[C@H]2O1.O=C(O)C(F)(F)F. The number of carbonyl (C=O) groups is 2. The van der Waals surface area contributed by atoms with Gasteiger partial charge in [-0.25, -0.2) is 4.79 Å². The summed E-state index contributed by atoms with van der Waals surface area (Å²) in [5.41, 5.74) is 0. The number of hydrogen-bond acceptors (Lipinski definition) is 5. The zero-order valence-electron chi connectivity index (χ0n) is 16.6. The second-order valence-electron chi connectivity index (χ2n) is 7.98. The quantitative estimate of drug-likeness (QED) is 0.738. The lowest BCUT2D eigenvalue weighted by Crippen LogP contribution is -2.46. The van der Waals surface area contributed by atoms with Gasteiger partial charge in [0.2, 0.25) is 5.91 Å². The summed E-state index contributed by atoms with van der Waals surface area (Å²) in [4.78, 5) is 25.1. The number of rotatable bonds is 4. The highest BCUT2D eigenvalue weighted by atomic mass is 32.1. The normalized spacial score (nSPS) is 27.2. The molecule has 1 aromatic heterocycles. The molecule has 1 saturated carbocycles. The van der Waals surface area contributed by atoms with E-state index >= 15 is 0 Å². The van der Waals surface area contributed by atoms with E-state index in [0.29, 0.717) is 12.5 Å². The number of carbonyl (C=O) groups excluding carboxylic acids is 1. The van der Waals surface area contributed by atoms with Crippen LogP contribution in [0.15, 0.2) is 17.5 Å². The van der Waals surface area contributed by atoms with Crippen LogP contribution in [0.2, 0.25) is 0 Å². The van der Waals surface area contributed by atoms with Crippen LogP contribution in [-0.4, -0.2) is 59.4 Å². The summed E-state index contributed by atoms with van der Waals surface area (Å²) in [7, 11) is 0. The van der Waals surface area contributed by atoms with Gasteiger partial charge in [0.25, 0.3) is 0 Å². The Morgan fingerprint density at radius 3 is 2.57 bits per heavy atom. The van der Waals surface area contributed by atoms with Crippen molar-refractivity contribution in [3.8, 4) is 0 Å². The maximum Gasteiger partial charge on any atom is 0.490 e. The molecule has 2 N–H and O–H groups in total. The average molecular weight is 449 g/mol. The number of hydrogen-bond donors (Lipinski definition) is 2. The number of thiophene rings is 1. The Morgan fingerprint density at radius 2 is 1.97 bits per heavy atom. The Morgan fingerprint density at radius 1 is 1.27 bits per heavy atom. The molecule has 168 valence electrons. The van der Waals surface area contributed by atoms with Gasteiger partial charge in [-0.1, -0.05) is 18.9 Å². The van der Waals surface area contributed by atoms with Gasteiger partial charge >= 0.3 is 12.1 Å². The van der Waals surface area contributed by atoms with Gasteiger partial charge in [-0.05, 0) is 49.6 Å². The van der Waals surface area contributed by atoms with Gasteiger partial charge < -0.3 is 15.2 Å². The van der Waals surface area contributed by atoms with E-state index in [9.17, 15) is 18.0 Å². The molecule has 1 amide bonds. The van der Waals surface area contributed by atoms with Crippen molar-refractivity contribution in [3.05, 3.63) is 22.4 Å². The van der Waals surface area contributed by atoms with Gasteiger partial charge in [0, 0.05) is 17.5 Å². The van der Waals surface area contributed by atoms with E-state index < -0.39 is 12.1 Å². The highest BCUT2D eigenvalue weighted by molar-refractivity contribution is 7.09. The molecule has 0 unspecified atom stereocenters. The lowest BCUT2D eigenvalue weighted by molar-refractivity contribution is -0.192. The minimum atomic E-state index is -5.08. The van der Waals surface area contributed by atoms with E-state index in [2.05, 4.69) is 16.3 Å². The van der Waals surface area contributed by atoms with E-state index in [1.54, 1.807) is 11.3 Å². The average Bonchev–Trinajstić information content (AvgIpc) is 3.46. The summed E-state index contributed by atoms with van der Waals surface area (Å²) in [6, 6.07) is 4.84. The second kappa shape index (κ2) is 10.1. The van der Waals surface area contributed by atoms with Gasteiger partial charge in [-0.15, -0.1) is 11.3 Å². The number of ether oxygens (including phenoxy) is 1. The lowest BCUT2D eigenvalue weighted by atomic mass is 9.90. The highest BCUT2D eigenvalue weighted by Gasteiger charge is 2.43. The smallest absolute Gasteiger partial charge is 0.475 e. The molecule has 3 aliphatic rings. The minimum Gasteiger partial charge on any atom is -0.475 e. The van der Waals surface area contributed by atoms with Crippen LogP contribution in [0.25, 0.3) is 0 Å². The fraction of sp³-hybridized carbons (Fsp3) is 0.700. The number of halogens is 3. The van der Waals surface area contributed by atoms with Crippen molar-refractivity contribution in [1.82, 2.24) is 10.2 Å². The van der Waals surface area contributed by atoms with Crippen molar-refractivity contribution in [3.63, 3.8) is 0 Å². The largest absolute Gasteiger partial charge is 0.490 e. The summed E-state index contributed by atoms with van der Waals surface area (Å²) in [5, 5.41) is 12.2. The molecule has 0 bridgehead atoms. The number of aliphatic carboxylic acids is 1. The number of alkyl halides is 3. The van der Waals surface area contributed by atoms with Gasteiger partial charge in [0.1, 0.15) is 6.10 Å². The maximum atomic E-state index is 12.4. The first-order chi connectivity index (χ1) is 14.2. The number of piperidine rings is 1. The molecule has 30 heavy (non-hydrogen) atoms. The lowest BCUT2D eigenvalue weighted by Gasteiger charge is -2.37. The summed E-state index contributed by atoms with van der Waals surface area (Å²) in [6.07, 6.45) is 2.49. The van der Waals surface area contributed by atoms with E-state index in [-0.39, 0.29) is 18.1 Å². The van der Waals surface area contributed by atoms with E-state index in [4.69, 9.17) is 14.6 Å². The minimum absolute atomic E-state index is 0.0696.